The van der Waals surface area contributed by atoms with Crippen LogP contribution in [-0.4, -0.2) is 34.2 Å². The molecule has 2 aromatic rings. The summed E-state index contributed by atoms with van der Waals surface area (Å²) in [5.41, 5.74) is 1.88. The number of aromatic nitrogens is 2. The van der Waals surface area contributed by atoms with Gasteiger partial charge in [0.15, 0.2) is 0 Å². The van der Waals surface area contributed by atoms with E-state index in [4.69, 9.17) is 0 Å². The van der Waals surface area contributed by atoms with Crippen LogP contribution >= 0.6 is 0 Å². The summed E-state index contributed by atoms with van der Waals surface area (Å²) in [5.74, 6) is -0.434. The summed E-state index contributed by atoms with van der Waals surface area (Å²) in [6.07, 6.45) is 3.26. The third-order valence-corrected chi connectivity index (χ3v) is 4.27. The number of amides is 2. The molecule has 0 spiro atoms. The SMILES string of the molecule is CCCc1cc(=O)n(-c2ccc(C(=O)N[C@@H]3CCCNC3=O)cc2)[nH]1. The monoisotopic (exact) mass is 342 g/mol. The number of aryl methyl sites for hydroxylation is 1. The van der Waals surface area contributed by atoms with Crippen molar-refractivity contribution >= 4 is 11.8 Å². The molecule has 1 atom stereocenters. The van der Waals surface area contributed by atoms with Gasteiger partial charge in [-0.1, -0.05) is 13.3 Å². The fourth-order valence-corrected chi connectivity index (χ4v) is 2.95. The van der Waals surface area contributed by atoms with Gasteiger partial charge in [0.05, 0.1) is 5.69 Å². The summed E-state index contributed by atoms with van der Waals surface area (Å²) in [4.78, 5) is 36.1. The third-order valence-electron chi connectivity index (χ3n) is 4.27. The summed E-state index contributed by atoms with van der Waals surface area (Å²) >= 11 is 0. The van der Waals surface area contributed by atoms with E-state index >= 15 is 0 Å². The molecule has 132 valence electrons. The number of piperidine rings is 1. The maximum absolute atomic E-state index is 12.3. The minimum atomic E-state index is -0.483. The lowest BCUT2D eigenvalue weighted by Gasteiger charge is -2.22. The minimum absolute atomic E-state index is 0.125. The lowest BCUT2D eigenvalue weighted by atomic mass is 10.1. The minimum Gasteiger partial charge on any atom is -0.354 e. The van der Waals surface area contributed by atoms with Crippen LogP contribution in [-0.2, 0) is 11.2 Å². The van der Waals surface area contributed by atoms with Crippen LogP contribution in [0.4, 0.5) is 0 Å². The van der Waals surface area contributed by atoms with Gasteiger partial charge < -0.3 is 10.6 Å². The van der Waals surface area contributed by atoms with Gasteiger partial charge in [-0.25, -0.2) is 4.68 Å². The van der Waals surface area contributed by atoms with Crippen molar-refractivity contribution in [2.24, 2.45) is 0 Å². The van der Waals surface area contributed by atoms with Gasteiger partial charge in [-0.2, -0.15) is 0 Å². The molecule has 1 aromatic heterocycles. The number of aromatic amines is 1. The van der Waals surface area contributed by atoms with E-state index in [2.05, 4.69) is 22.7 Å². The predicted octanol–water partition coefficient (Wildman–Crippen LogP) is 1.13. The molecule has 2 amide bonds. The normalized spacial score (nSPS) is 17.2. The molecule has 1 aromatic carbocycles. The van der Waals surface area contributed by atoms with Crippen molar-refractivity contribution in [3.05, 3.63) is 51.9 Å². The van der Waals surface area contributed by atoms with Gasteiger partial charge in [0, 0.05) is 23.9 Å². The highest BCUT2D eigenvalue weighted by atomic mass is 16.2. The molecule has 1 aliphatic heterocycles. The average Bonchev–Trinajstić information content (AvgIpc) is 2.98. The highest BCUT2D eigenvalue weighted by Crippen LogP contribution is 2.10. The molecule has 3 N–H and O–H groups in total. The number of carbonyl (C=O) groups excluding carboxylic acids is 2. The first-order valence-electron chi connectivity index (χ1n) is 8.58. The number of nitrogens with one attached hydrogen (secondary N) is 3. The van der Waals surface area contributed by atoms with Gasteiger partial charge >= 0.3 is 0 Å². The average molecular weight is 342 g/mol. The molecular formula is C18H22N4O3. The predicted molar refractivity (Wildman–Crippen MR) is 93.9 cm³/mol. The lowest BCUT2D eigenvalue weighted by molar-refractivity contribution is -0.124. The van der Waals surface area contributed by atoms with E-state index in [0.29, 0.717) is 24.2 Å². The second-order valence-corrected chi connectivity index (χ2v) is 6.21. The van der Waals surface area contributed by atoms with E-state index in [1.54, 1.807) is 30.3 Å². The van der Waals surface area contributed by atoms with E-state index in [9.17, 15) is 14.4 Å². The Hall–Kier alpha value is -2.83. The highest BCUT2D eigenvalue weighted by molar-refractivity contribution is 5.97. The first kappa shape index (κ1) is 17.0. The van der Waals surface area contributed by atoms with E-state index in [-0.39, 0.29) is 17.4 Å². The molecule has 1 saturated heterocycles. The molecule has 0 unspecified atom stereocenters. The summed E-state index contributed by atoms with van der Waals surface area (Å²) in [6.45, 7) is 2.71. The van der Waals surface area contributed by atoms with Crippen molar-refractivity contribution in [3.63, 3.8) is 0 Å². The largest absolute Gasteiger partial charge is 0.354 e. The van der Waals surface area contributed by atoms with Crippen molar-refractivity contribution in [3.8, 4) is 5.69 Å². The molecule has 7 nitrogen and oxygen atoms in total. The Morgan fingerprint density at radius 3 is 2.72 bits per heavy atom. The second kappa shape index (κ2) is 7.38. The van der Waals surface area contributed by atoms with Crippen LogP contribution in [0.1, 0.15) is 42.2 Å². The van der Waals surface area contributed by atoms with Gasteiger partial charge in [0.2, 0.25) is 5.91 Å². The molecule has 25 heavy (non-hydrogen) atoms. The summed E-state index contributed by atoms with van der Waals surface area (Å²) < 4.78 is 1.46. The molecular weight excluding hydrogens is 320 g/mol. The van der Waals surface area contributed by atoms with Gasteiger partial charge in [0.25, 0.3) is 11.5 Å². The topological polar surface area (TPSA) is 96.0 Å². The van der Waals surface area contributed by atoms with Gasteiger partial charge in [-0.15, -0.1) is 0 Å². The van der Waals surface area contributed by atoms with Gasteiger partial charge in [-0.3, -0.25) is 19.5 Å². The van der Waals surface area contributed by atoms with Crippen LogP contribution in [0.5, 0.6) is 0 Å². The Kier molecular flexibility index (Phi) is 5.02. The van der Waals surface area contributed by atoms with Crippen LogP contribution < -0.4 is 16.2 Å². The van der Waals surface area contributed by atoms with Crippen LogP contribution in [0.15, 0.2) is 35.1 Å². The summed E-state index contributed by atoms with van der Waals surface area (Å²) in [5, 5.41) is 8.56. The fourth-order valence-electron chi connectivity index (χ4n) is 2.95. The second-order valence-electron chi connectivity index (χ2n) is 6.21. The van der Waals surface area contributed by atoms with Crippen molar-refractivity contribution in [1.82, 2.24) is 20.4 Å². The number of hydrogen-bond donors (Lipinski definition) is 3. The number of nitrogens with zero attached hydrogens (tertiary/aromatic N) is 1. The smallest absolute Gasteiger partial charge is 0.271 e. The van der Waals surface area contributed by atoms with Gasteiger partial charge in [0.1, 0.15) is 6.04 Å². The van der Waals surface area contributed by atoms with E-state index in [1.807, 2.05) is 0 Å². The van der Waals surface area contributed by atoms with Crippen molar-refractivity contribution < 1.29 is 9.59 Å². The Morgan fingerprint density at radius 2 is 2.04 bits per heavy atom. The standard InChI is InChI=1S/C18H22N4O3/c1-2-4-13-11-16(23)22(21-13)14-8-6-12(7-9-14)17(24)20-15-5-3-10-19-18(15)25/h6-9,11,15,21H,2-5,10H2,1H3,(H,19,25)(H,20,24)/t15-/m1/s1. The maximum atomic E-state index is 12.3. The quantitative estimate of drug-likeness (QED) is 0.760. The third kappa shape index (κ3) is 3.81. The molecule has 3 rings (SSSR count). The molecule has 1 aliphatic rings. The zero-order valence-corrected chi connectivity index (χ0v) is 14.2. The lowest BCUT2D eigenvalue weighted by Crippen LogP contribution is -2.50. The number of benzene rings is 1. The number of H-pyrrole nitrogens is 1. The zero-order valence-electron chi connectivity index (χ0n) is 14.2. The Morgan fingerprint density at radius 1 is 1.28 bits per heavy atom. The molecule has 0 aliphatic carbocycles. The van der Waals surface area contributed by atoms with Crippen LogP contribution in [0.2, 0.25) is 0 Å². The number of carbonyl (C=O) groups is 2. The highest BCUT2D eigenvalue weighted by Gasteiger charge is 2.23. The number of rotatable bonds is 5. The maximum Gasteiger partial charge on any atom is 0.271 e. The Labute approximate surface area is 145 Å². The van der Waals surface area contributed by atoms with Gasteiger partial charge in [-0.05, 0) is 43.5 Å². The number of hydrogen-bond acceptors (Lipinski definition) is 3. The van der Waals surface area contributed by atoms with Crippen molar-refractivity contribution in [1.29, 1.82) is 0 Å². The molecule has 1 fully saturated rings. The van der Waals surface area contributed by atoms with Crippen molar-refractivity contribution in [2.75, 3.05) is 6.54 Å². The van der Waals surface area contributed by atoms with Crippen LogP contribution in [0.25, 0.3) is 5.69 Å². The summed E-state index contributed by atoms with van der Waals surface area (Å²) in [6, 6.07) is 7.83. The fraction of sp³-hybridized carbons (Fsp3) is 0.389. The molecule has 0 saturated carbocycles. The summed E-state index contributed by atoms with van der Waals surface area (Å²) in [7, 11) is 0. The Bertz CT molecular complexity index is 820. The molecule has 2 heterocycles. The molecule has 0 radical (unpaired) electrons. The molecule has 0 bridgehead atoms. The first-order valence-corrected chi connectivity index (χ1v) is 8.58. The van der Waals surface area contributed by atoms with E-state index in [1.165, 1.54) is 4.68 Å². The van der Waals surface area contributed by atoms with Crippen LogP contribution in [0, 0.1) is 0 Å². The first-order chi connectivity index (χ1) is 12.1. The Balaban J connectivity index is 1.72. The van der Waals surface area contributed by atoms with E-state index < -0.39 is 6.04 Å². The van der Waals surface area contributed by atoms with E-state index in [0.717, 1.165) is 25.0 Å². The zero-order chi connectivity index (χ0) is 17.8. The molecule has 7 heteroatoms. The van der Waals surface area contributed by atoms with Crippen LogP contribution in [0.3, 0.4) is 0 Å². The van der Waals surface area contributed by atoms with Crippen molar-refractivity contribution in [2.45, 2.75) is 38.6 Å².